The van der Waals surface area contributed by atoms with E-state index < -0.39 is 11.1 Å². The topological polar surface area (TPSA) is 101 Å². The Hall–Kier alpha value is -5.28. The second kappa shape index (κ2) is 9.11. The van der Waals surface area contributed by atoms with Gasteiger partial charge in [-0.25, -0.2) is 14.4 Å². The van der Waals surface area contributed by atoms with Crippen LogP contribution in [0.2, 0.25) is 0 Å². The third kappa shape index (κ3) is 3.75. The van der Waals surface area contributed by atoms with Crippen molar-refractivity contribution in [2.45, 2.75) is 37.8 Å². The Morgan fingerprint density at radius 1 is 0.841 bits per heavy atom. The molecule has 2 aliphatic rings. The van der Waals surface area contributed by atoms with Crippen molar-refractivity contribution in [3.8, 4) is 22.4 Å². The molecule has 0 spiro atoms. The van der Waals surface area contributed by atoms with Crippen LogP contribution in [-0.2, 0) is 5.54 Å². The summed E-state index contributed by atoms with van der Waals surface area (Å²) < 4.78 is 16.9. The third-order valence-electron chi connectivity index (χ3n) is 8.81. The maximum absolute atomic E-state index is 15.2. The monoisotopic (exact) mass is 583 g/mol. The van der Waals surface area contributed by atoms with Crippen LogP contribution >= 0.6 is 0 Å². The number of imide groups is 1. The second-order valence-corrected chi connectivity index (χ2v) is 12.0. The van der Waals surface area contributed by atoms with Crippen LogP contribution in [0.15, 0.2) is 91.1 Å². The zero-order valence-corrected chi connectivity index (χ0v) is 24.0. The van der Waals surface area contributed by atoms with E-state index in [1.54, 1.807) is 60.1 Å². The maximum Gasteiger partial charge on any atom is 0.262 e. The molecule has 6 aromatic rings. The number of aliphatic hydroxyl groups is 1. The van der Waals surface area contributed by atoms with Crippen molar-refractivity contribution in [1.29, 1.82) is 0 Å². The summed E-state index contributed by atoms with van der Waals surface area (Å²) in [4.78, 5) is 37.9. The van der Waals surface area contributed by atoms with Gasteiger partial charge in [-0.3, -0.25) is 14.5 Å². The van der Waals surface area contributed by atoms with Crippen molar-refractivity contribution in [1.82, 2.24) is 24.5 Å². The average Bonchev–Trinajstić information content (AvgIpc) is 3.51. The van der Waals surface area contributed by atoms with Crippen LogP contribution < -0.4 is 0 Å². The molecule has 3 aromatic carbocycles. The molecule has 9 heteroatoms. The minimum atomic E-state index is -1.03. The van der Waals surface area contributed by atoms with E-state index >= 15 is 4.39 Å². The molecule has 8 nitrogen and oxygen atoms in total. The van der Waals surface area contributed by atoms with E-state index in [0.29, 0.717) is 50.2 Å². The highest BCUT2D eigenvalue weighted by atomic mass is 19.1. The molecule has 216 valence electrons. The number of carbonyl (C=O) groups is 2. The van der Waals surface area contributed by atoms with Crippen molar-refractivity contribution in [2.75, 3.05) is 0 Å². The van der Waals surface area contributed by atoms with E-state index in [9.17, 15) is 14.7 Å². The van der Waals surface area contributed by atoms with Gasteiger partial charge in [-0.15, -0.1) is 0 Å². The average molecular weight is 584 g/mol. The van der Waals surface area contributed by atoms with Gasteiger partial charge in [-0.2, -0.15) is 9.61 Å². The number of fused-ring (bicyclic) bond motifs is 4. The number of amides is 2. The fraction of sp³-hybridized carbons (Fsp3) is 0.171. The van der Waals surface area contributed by atoms with Gasteiger partial charge in [0, 0.05) is 47.2 Å². The highest BCUT2D eigenvalue weighted by molar-refractivity contribution is 6.22. The van der Waals surface area contributed by atoms with Gasteiger partial charge in [0.25, 0.3) is 11.8 Å². The molecule has 2 amide bonds. The number of benzene rings is 3. The Bertz CT molecular complexity index is 2140. The molecule has 0 radical (unpaired) electrons. The fourth-order valence-corrected chi connectivity index (χ4v) is 6.97. The number of rotatable bonds is 4. The fourth-order valence-electron chi connectivity index (χ4n) is 6.97. The summed E-state index contributed by atoms with van der Waals surface area (Å²) in [5.74, 6) is -1.11. The zero-order valence-electron chi connectivity index (χ0n) is 24.0. The molecule has 1 aliphatic heterocycles. The number of aryl methyl sites for hydroxylation is 1. The first-order chi connectivity index (χ1) is 21.1. The molecule has 1 saturated carbocycles. The second-order valence-electron chi connectivity index (χ2n) is 12.0. The molecule has 0 saturated heterocycles. The summed E-state index contributed by atoms with van der Waals surface area (Å²) in [6, 6.07) is 24.6. The van der Waals surface area contributed by atoms with Gasteiger partial charge in [-0.1, -0.05) is 54.6 Å². The molecule has 44 heavy (non-hydrogen) atoms. The van der Waals surface area contributed by atoms with Gasteiger partial charge in [0.1, 0.15) is 5.82 Å². The van der Waals surface area contributed by atoms with Crippen LogP contribution in [0.4, 0.5) is 4.39 Å². The van der Waals surface area contributed by atoms with Gasteiger partial charge in [0.2, 0.25) is 0 Å². The minimum absolute atomic E-state index is 0.211. The van der Waals surface area contributed by atoms with Crippen LogP contribution in [0.25, 0.3) is 39.1 Å². The van der Waals surface area contributed by atoms with Crippen LogP contribution in [0.1, 0.15) is 51.7 Å². The van der Waals surface area contributed by atoms with Crippen LogP contribution in [0.3, 0.4) is 0 Å². The maximum atomic E-state index is 15.2. The third-order valence-corrected chi connectivity index (χ3v) is 8.81. The Kier molecular flexibility index (Phi) is 5.46. The SMILES string of the molecule is Cc1cc2ncc3cc(-c4ccccc4F)c(-c4ccc(C5(N6C(=O)c7ccccc7C6=O)CC(C)(O)C5)cc4)nc3n2n1. The van der Waals surface area contributed by atoms with Crippen molar-refractivity contribution >= 4 is 28.5 Å². The van der Waals surface area contributed by atoms with Crippen molar-refractivity contribution < 1.29 is 19.1 Å². The smallest absolute Gasteiger partial charge is 0.262 e. The molecule has 1 fully saturated rings. The summed E-state index contributed by atoms with van der Waals surface area (Å²) in [7, 11) is 0. The summed E-state index contributed by atoms with van der Waals surface area (Å²) in [5, 5.41) is 16.1. The lowest BCUT2D eigenvalue weighted by atomic mass is 9.61. The lowest BCUT2D eigenvalue weighted by Gasteiger charge is -2.55. The predicted octanol–water partition coefficient (Wildman–Crippen LogP) is 6.10. The number of pyridine rings is 1. The quantitative estimate of drug-likeness (QED) is 0.252. The summed E-state index contributed by atoms with van der Waals surface area (Å²) in [6.45, 7) is 3.60. The Balaban J connectivity index is 1.28. The summed E-state index contributed by atoms with van der Waals surface area (Å²) in [6.07, 6.45) is 2.14. The van der Waals surface area contributed by atoms with E-state index in [0.717, 1.165) is 11.3 Å². The summed E-state index contributed by atoms with van der Waals surface area (Å²) in [5.41, 5.74) is 3.70. The van der Waals surface area contributed by atoms with Gasteiger partial charge in [0.15, 0.2) is 11.3 Å². The Labute approximate surface area is 251 Å². The molecule has 4 heterocycles. The lowest BCUT2D eigenvalue weighted by Crippen LogP contribution is -2.63. The Morgan fingerprint density at radius 3 is 2.11 bits per heavy atom. The van der Waals surface area contributed by atoms with Crippen LogP contribution in [0.5, 0.6) is 0 Å². The number of halogens is 1. The van der Waals surface area contributed by atoms with E-state index in [4.69, 9.17) is 4.98 Å². The lowest BCUT2D eigenvalue weighted by molar-refractivity contribution is -0.118. The number of hydrogen-bond acceptors (Lipinski definition) is 6. The molecular formula is C35H26FN5O3. The van der Waals surface area contributed by atoms with E-state index in [1.807, 2.05) is 43.3 Å². The van der Waals surface area contributed by atoms with Crippen molar-refractivity contribution in [3.63, 3.8) is 0 Å². The van der Waals surface area contributed by atoms with E-state index in [1.165, 1.54) is 11.0 Å². The molecule has 0 unspecified atom stereocenters. The molecule has 8 rings (SSSR count). The number of carbonyl (C=O) groups excluding carboxylic acids is 2. The predicted molar refractivity (Wildman–Crippen MR) is 162 cm³/mol. The Morgan fingerprint density at radius 2 is 1.48 bits per heavy atom. The van der Waals surface area contributed by atoms with Gasteiger partial charge in [-0.05, 0) is 43.7 Å². The largest absolute Gasteiger partial charge is 0.390 e. The minimum Gasteiger partial charge on any atom is -0.390 e. The molecule has 3 aromatic heterocycles. The molecule has 1 N–H and O–H groups in total. The number of aromatic nitrogens is 4. The van der Waals surface area contributed by atoms with Crippen molar-refractivity contribution in [2.24, 2.45) is 0 Å². The standard InChI is InChI=1S/C35H26FN5O3/c1-20-15-29-37-17-22-16-27(24-7-5-6-10-28(24)36)30(38-31(22)41(29)39-20)21-11-13-23(14-12-21)35(18-34(2,44)19-35)40-32(42)25-8-3-4-9-26(25)33(40)43/h3-17,44H,18-19H2,1-2H3. The number of hydrogen-bond donors (Lipinski definition) is 1. The molecule has 0 bridgehead atoms. The van der Waals surface area contributed by atoms with E-state index in [2.05, 4.69) is 10.1 Å². The first-order valence-corrected chi connectivity index (χ1v) is 14.4. The van der Waals surface area contributed by atoms with Crippen LogP contribution in [0, 0.1) is 12.7 Å². The van der Waals surface area contributed by atoms with Crippen molar-refractivity contribution in [3.05, 3.63) is 119 Å². The van der Waals surface area contributed by atoms with Gasteiger partial charge >= 0.3 is 0 Å². The van der Waals surface area contributed by atoms with E-state index in [-0.39, 0.29) is 30.5 Å². The molecular weight excluding hydrogens is 557 g/mol. The normalized spacial score (nSPS) is 21.2. The summed E-state index contributed by atoms with van der Waals surface area (Å²) >= 11 is 0. The highest BCUT2D eigenvalue weighted by Gasteiger charge is 2.60. The van der Waals surface area contributed by atoms with Gasteiger partial charge < -0.3 is 5.11 Å². The zero-order chi connectivity index (χ0) is 30.4. The first-order valence-electron chi connectivity index (χ1n) is 14.4. The van der Waals surface area contributed by atoms with Gasteiger partial charge in [0.05, 0.1) is 33.7 Å². The number of nitrogens with zero attached hydrogens (tertiary/aromatic N) is 5. The van der Waals surface area contributed by atoms with Crippen LogP contribution in [-0.4, -0.2) is 47.0 Å². The highest BCUT2D eigenvalue weighted by Crippen LogP contribution is 2.54. The first kappa shape index (κ1) is 26.4. The molecule has 1 aliphatic carbocycles. The molecule has 0 atom stereocenters.